The molecule has 0 spiro atoms. The predicted molar refractivity (Wildman–Crippen MR) is 95.2 cm³/mol. The van der Waals surface area contributed by atoms with Crippen LogP contribution >= 0.6 is 0 Å². The lowest BCUT2D eigenvalue weighted by molar-refractivity contribution is 0.0682. The highest BCUT2D eigenvalue weighted by Crippen LogP contribution is 2.30. The van der Waals surface area contributed by atoms with Gasteiger partial charge in [0.15, 0.2) is 5.76 Å². The molecule has 1 amide bonds. The van der Waals surface area contributed by atoms with Gasteiger partial charge in [0.2, 0.25) is 0 Å². The van der Waals surface area contributed by atoms with E-state index in [1.165, 1.54) is 5.56 Å². The van der Waals surface area contributed by atoms with Crippen molar-refractivity contribution in [2.24, 2.45) is 7.05 Å². The van der Waals surface area contributed by atoms with Crippen molar-refractivity contribution in [3.63, 3.8) is 0 Å². The van der Waals surface area contributed by atoms with Crippen LogP contribution < -0.4 is 0 Å². The highest BCUT2D eigenvalue weighted by Gasteiger charge is 2.28. The Bertz CT molecular complexity index is 858. The van der Waals surface area contributed by atoms with E-state index < -0.39 is 0 Å². The third-order valence-corrected chi connectivity index (χ3v) is 4.92. The molecule has 0 aliphatic carbocycles. The molecule has 1 fully saturated rings. The predicted octanol–water partition coefficient (Wildman–Crippen LogP) is 3.70. The highest BCUT2D eigenvalue weighted by molar-refractivity contribution is 5.98. The summed E-state index contributed by atoms with van der Waals surface area (Å²) in [4.78, 5) is 14.8. The van der Waals surface area contributed by atoms with Gasteiger partial charge in [0.25, 0.3) is 5.91 Å². The third-order valence-electron chi connectivity index (χ3n) is 4.92. The largest absolute Gasteiger partial charge is 0.459 e. The van der Waals surface area contributed by atoms with Crippen LogP contribution in [0.4, 0.5) is 0 Å². The molecule has 3 aromatic rings. The van der Waals surface area contributed by atoms with Gasteiger partial charge < -0.3 is 9.32 Å². The summed E-state index contributed by atoms with van der Waals surface area (Å²) in [6.07, 6.45) is 7.51. The van der Waals surface area contributed by atoms with Gasteiger partial charge >= 0.3 is 0 Å². The monoisotopic (exact) mass is 335 g/mol. The van der Waals surface area contributed by atoms with Crippen molar-refractivity contribution in [2.75, 3.05) is 13.1 Å². The van der Waals surface area contributed by atoms with Crippen molar-refractivity contribution in [3.05, 3.63) is 66.4 Å². The fraction of sp³-hybridized carbons (Fsp3) is 0.300. The SMILES string of the molecule is Cn1cc(C2CCN(C(=O)c3occc3-c3ccccc3)CC2)cn1. The van der Waals surface area contributed by atoms with Crippen LogP contribution in [0.1, 0.15) is 34.9 Å². The van der Waals surface area contributed by atoms with Crippen molar-refractivity contribution in [1.82, 2.24) is 14.7 Å². The molecule has 0 radical (unpaired) electrons. The average Bonchev–Trinajstić information content (AvgIpc) is 3.31. The van der Waals surface area contributed by atoms with Crippen molar-refractivity contribution in [2.45, 2.75) is 18.8 Å². The molecule has 1 aliphatic heterocycles. The number of carbonyl (C=O) groups is 1. The van der Waals surface area contributed by atoms with E-state index >= 15 is 0 Å². The Hall–Kier alpha value is -2.82. The second kappa shape index (κ2) is 6.59. The van der Waals surface area contributed by atoms with Gasteiger partial charge in [-0.3, -0.25) is 9.48 Å². The highest BCUT2D eigenvalue weighted by atomic mass is 16.3. The summed E-state index contributed by atoms with van der Waals surface area (Å²) >= 11 is 0. The zero-order valence-corrected chi connectivity index (χ0v) is 14.3. The second-order valence-electron chi connectivity index (χ2n) is 6.54. The van der Waals surface area contributed by atoms with Gasteiger partial charge in [0, 0.05) is 31.9 Å². The molecule has 1 saturated heterocycles. The molecule has 5 nitrogen and oxygen atoms in total. The number of aryl methyl sites for hydroxylation is 1. The van der Waals surface area contributed by atoms with Crippen LogP contribution in [-0.2, 0) is 7.05 Å². The Morgan fingerprint density at radius 1 is 1.16 bits per heavy atom. The van der Waals surface area contributed by atoms with Crippen LogP contribution in [0.2, 0.25) is 0 Å². The number of hydrogen-bond acceptors (Lipinski definition) is 3. The molecular formula is C20H21N3O2. The summed E-state index contributed by atoms with van der Waals surface area (Å²) in [5.41, 5.74) is 3.13. The normalized spacial score (nSPS) is 15.5. The first-order valence-electron chi connectivity index (χ1n) is 8.63. The molecule has 3 heterocycles. The standard InChI is InChI=1S/C20H21N3O2/c1-22-14-17(13-21-22)15-7-10-23(11-8-15)20(24)19-18(9-12-25-19)16-5-3-2-4-6-16/h2-6,9,12-15H,7-8,10-11H2,1H3. The molecule has 5 heteroatoms. The first-order valence-corrected chi connectivity index (χ1v) is 8.63. The Morgan fingerprint density at radius 3 is 2.60 bits per heavy atom. The zero-order chi connectivity index (χ0) is 17.2. The van der Waals surface area contributed by atoms with Crippen LogP contribution in [-0.4, -0.2) is 33.7 Å². The number of furan rings is 1. The molecule has 1 aromatic carbocycles. The molecule has 25 heavy (non-hydrogen) atoms. The van der Waals surface area contributed by atoms with Crippen LogP contribution in [0.15, 0.2) is 59.5 Å². The van der Waals surface area contributed by atoms with Crippen molar-refractivity contribution >= 4 is 5.91 Å². The number of aromatic nitrogens is 2. The van der Waals surface area contributed by atoms with E-state index in [-0.39, 0.29) is 5.91 Å². The van der Waals surface area contributed by atoms with E-state index in [0.29, 0.717) is 11.7 Å². The molecule has 1 aliphatic rings. The van der Waals surface area contributed by atoms with E-state index in [9.17, 15) is 4.79 Å². The molecule has 0 saturated carbocycles. The number of carbonyl (C=O) groups excluding carboxylic acids is 1. The number of likely N-dealkylation sites (tertiary alicyclic amines) is 1. The van der Waals surface area contributed by atoms with E-state index in [0.717, 1.165) is 37.1 Å². The minimum atomic E-state index is -0.0199. The first kappa shape index (κ1) is 15.7. The molecule has 0 N–H and O–H groups in total. The number of benzene rings is 1. The maximum Gasteiger partial charge on any atom is 0.290 e. The summed E-state index contributed by atoms with van der Waals surface area (Å²) in [5, 5.41) is 4.25. The van der Waals surface area contributed by atoms with E-state index in [4.69, 9.17) is 4.42 Å². The van der Waals surface area contributed by atoms with Crippen molar-refractivity contribution in [1.29, 1.82) is 0 Å². The molecule has 2 aromatic heterocycles. The van der Waals surface area contributed by atoms with Gasteiger partial charge in [0.1, 0.15) is 0 Å². The van der Waals surface area contributed by atoms with Gasteiger partial charge in [0.05, 0.1) is 12.5 Å². The van der Waals surface area contributed by atoms with Gasteiger partial charge in [-0.2, -0.15) is 5.10 Å². The number of hydrogen-bond donors (Lipinski definition) is 0. The zero-order valence-electron chi connectivity index (χ0n) is 14.3. The Morgan fingerprint density at radius 2 is 1.92 bits per heavy atom. The summed E-state index contributed by atoms with van der Waals surface area (Å²) in [6, 6.07) is 11.8. The Balaban J connectivity index is 1.47. The van der Waals surface area contributed by atoms with Gasteiger partial charge in [-0.05, 0) is 36.0 Å². The minimum absolute atomic E-state index is 0.0199. The molecule has 4 rings (SSSR count). The third kappa shape index (κ3) is 3.09. The van der Waals surface area contributed by atoms with Crippen molar-refractivity contribution in [3.8, 4) is 11.1 Å². The molecule has 0 unspecified atom stereocenters. The maximum atomic E-state index is 12.9. The fourth-order valence-electron chi connectivity index (χ4n) is 3.53. The quantitative estimate of drug-likeness (QED) is 0.733. The van der Waals surface area contributed by atoms with E-state index in [1.807, 2.05) is 59.2 Å². The average molecular weight is 335 g/mol. The molecule has 0 atom stereocenters. The van der Waals surface area contributed by atoms with E-state index in [1.54, 1.807) is 6.26 Å². The number of amides is 1. The molecule has 0 bridgehead atoms. The first-order chi connectivity index (χ1) is 12.2. The van der Waals surface area contributed by atoms with Gasteiger partial charge in [-0.15, -0.1) is 0 Å². The summed E-state index contributed by atoms with van der Waals surface area (Å²) in [7, 11) is 1.93. The summed E-state index contributed by atoms with van der Waals surface area (Å²) < 4.78 is 7.38. The number of rotatable bonds is 3. The number of piperidine rings is 1. The smallest absolute Gasteiger partial charge is 0.290 e. The van der Waals surface area contributed by atoms with Crippen LogP contribution in [0.25, 0.3) is 11.1 Å². The second-order valence-corrected chi connectivity index (χ2v) is 6.54. The summed E-state index contributed by atoms with van der Waals surface area (Å²) in [5.74, 6) is 0.891. The van der Waals surface area contributed by atoms with Crippen molar-refractivity contribution < 1.29 is 9.21 Å². The fourth-order valence-corrected chi connectivity index (χ4v) is 3.53. The minimum Gasteiger partial charge on any atom is -0.459 e. The maximum absolute atomic E-state index is 12.9. The van der Waals surface area contributed by atoms with Crippen LogP contribution in [0, 0.1) is 0 Å². The lowest BCUT2D eigenvalue weighted by Crippen LogP contribution is -2.37. The van der Waals surface area contributed by atoms with Crippen LogP contribution in [0.3, 0.4) is 0 Å². The Labute approximate surface area is 146 Å². The van der Waals surface area contributed by atoms with Gasteiger partial charge in [-0.1, -0.05) is 30.3 Å². The molecular weight excluding hydrogens is 314 g/mol. The van der Waals surface area contributed by atoms with Crippen LogP contribution in [0.5, 0.6) is 0 Å². The van der Waals surface area contributed by atoms with Gasteiger partial charge in [-0.25, -0.2) is 0 Å². The molecule has 128 valence electrons. The lowest BCUT2D eigenvalue weighted by atomic mass is 9.91. The lowest BCUT2D eigenvalue weighted by Gasteiger charge is -2.31. The topological polar surface area (TPSA) is 51.3 Å². The Kier molecular flexibility index (Phi) is 4.14. The number of nitrogens with zero attached hydrogens (tertiary/aromatic N) is 3. The summed E-state index contributed by atoms with van der Waals surface area (Å²) in [6.45, 7) is 1.49. The van der Waals surface area contributed by atoms with E-state index in [2.05, 4.69) is 11.3 Å².